The summed E-state index contributed by atoms with van der Waals surface area (Å²) >= 11 is 0. The number of hydrogen-bond donors (Lipinski definition) is 0. The van der Waals surface area contributed by atoms with E-state index in [1.807, 2.05) is 23.7 Å². The van der Waals surface area contributed by atoms with Crippen LogP contribution in [0.5, 0.6) is 0 Å². The zero-order valence-electron chi connectivity index (χ0n) is 14.4. The number of carbonyl (C=O) groups is 1. The van der Waals surface area contributed by atoms with Gasteiger partial charge in [0.1, 0.15) is 5.76 Å². The number of fused-ring (bicyclic) bond motifs is 1. The minimum atomic E-state index is 0.00442. The first-order valence-electron chi connectivity index (χ1n) is 8.79. The maximum absolute atomic E-state index is 12.6. The lowest BCUT2D eigenvalue weighted by molar-refractivity contribution is -0.198. The smallest absolute Gasteiger partial charge is 0.248 e. The fraction of sp³-hybridized carbons (Fsp3) is 0.588. The molecule has 2 aliphatic heterocycles. The molecule has 0 aliphatic carbocycles. The molecule has 0 spiro atoms. The molecule has 1 fully saturated rings. The molecule has 0 N–H and O–H groups in total. The fourth-order valence-electron chi connectivity index (χ4n) is 3.55. The minimum absolute atomic E-state index is 0.00442. The highest BCUT2D eigenvalue weighted by Crippen LogP contribution is 2.25. The van der Waals surface area contributed by atoms with Crippen molar-refractivity contribution in [2.75, 3.05) is 19.7 Å². The molecule has 25 heavy (non-hydrogen) atoms. The second-order valence-corrected chi connectivity index (χ2v) is 6.76. The zero-order chi connectivity index (χ0) is 17.2. The molecule has 8 heteroatoms. The van der Waals surface area contributed by atoms with E-state index in [0.29, 0.717) is 26.1 Å². The van der Waals surface area contributed by atoms with Crippen molar-refractivity contribution in [1.82, 2.24) is 24.9 Å². The Morgan fingerprint density at radius 2 is 2.32 bits per heavy atom. The highest BCUT2D eigenvalue weighted by molar-refractivity contribution is 5.75. The first-order valence-corrected chi connectivity index (χ1v) is 8.79. The predicted octanol–water partition coefficient (Wildman–Crippen LogP) is 1.68. The van der Waals surface area contributed by atoms with Crippen LogP contribution in [-0.2, 0) is 22.7 Å². The number of carbonyl (C=O) groups excluding carboxylic acids is 1. The summed E-state index contributed by atoms with van der Waals surface area (Å²) < 4.78 is 7.14. The zero-order valence-corrected chi connectivity index (χ0v) is 14.4. The van der Waals surface area contributed by atoms with Crippen molar-refractivity contribution >= 4 is 5.91 Å². The van der Waals surface area contributed by atoms with Crippen LogP contribution in [-0.4, -0.2) is 50.5 Å². The van der Waals surface area contributed by atoms with Crippen LogP contribution < -0.4 is 0 Å². The molecule has 2 aromatic rings. The maximum atomic E-state index is 12.6. The van der Waals surface area contributed by atoms with Crippen LogP contribution in [0.3, 0.4) is 0 Å². The van der Waals surface area contributed by atoms with Crippen LogP contribution >= 0.6 is 0 Å². The van der Waals surface area contributed by atoms with E-state index < -0.39 is 0 Å². The SMILES string of the molecule is Cc1cc(CN2Cc3ccnn3C(CC(=O)N3CCCCO3)C2)no1. The van der Waals surface area contributed by atoms with Gasteiger partial charge in [-0.15, -0.1) is 0 Å². The Labute approximate surface area is 146 Å². The molecular weight excluding hydrogens is 322 g/mol. The maximum Gasteiger partial charge on any atom is 0.248 e. The molecule has 8 nitrogen and oxygen atoms in total. The van der Waals surface area contributed by atoms with Crippen LogP contribution in [0, 0.1) is 6.92 Å². The van der Waals surface area contributed by atoms with Crippen molar-refractivity contribution in [3.05, 3.63) is 35.5 Å². The van der Waals surface area contributed by atoms with Crippen molar-refractivity contribution < 1.29 is 14.2 Å². The first-order chi connectivity index (χ1) is 12.2. The van der Waals surface area contributed by atoms with E-state index in [9.17, 15) is 4.79 Å². The number of aryl methyl sites for hydroxylation is 1. The van der Waals surface area contributed by atoms with Crippen LogP contribution in [0.2, 0.25) is 0 Å². The monoisotopic (exact) mass is 345 g/mol. The summed E-state index contributed by atoms with van der Waals surface area (Å²) in [7, 11) is 0. The molecule has 1 saturated heterocycles. The summed E-state index contributed by atoms with van der Waals surface area (Å²) in [4.78, 5) is 20.4. The Hall–Kier alpha value is -2.19. The summed E-state index contributed by atoms with van der Waals surface area (Å²) in [5.41, 5.74) is 2.03. The Kier molecular flexibility index (Phi) is 4.54. The Morgan fingerprint density at radius 1 is 1.40 bits per heavy atom. The lowest BCUT2D eigenvalue weighted by atomic mass is 10.1. The number of hydrogen-bond acceptors (Lipinski definition) is 6. The summed E-state index contributed by atoms with van der Waals surface area (Å²) in [5.74, 6) is 0.844. The van der Waals surface area contributed by atoms with Gasteiger partial charge in [0.15, 0.2) is 0 Å². The molecule has 4 rings (SSSR count). The molecule has 0 aromatic carbocycles. The van der Waals surface area contributed by atoms with E-state index in [2.05, 4.69) is 15.2 Å². The van der Waals surface area contributed by atoms with Crippen molar-refractivity contribution in [2.24, 2.45) is 0 Å². The van der Waals surface area contributed by atoms with Crippen LogP contribution in [0.15, 0.2) is 22.9 Å². The average Bonchev–Trinajstić information content (AvgIpc) is 3.24. The Morgan fingerprint density at radius 3 is 3.08 bits per heavy atom. The number of nitrogens with zero attached hydrogens (tertiary/aromatic N) is 5. The van der Waals surface area contributed by atoms with Crippen LogP contribution in [0.4, 0.5) is 0 Å². The van der Waals surface area contributed by atoms with E-state index in [1.54, 1.807) is 6.20 Å². The van der Waals surface area contributed by atoms with E-state index in [4.69, 9.17) is 9.36 Å². The standard InChI is InChI=1S/C17H23N5O3/c1-13-8-14(19-25-13)10-20-11-15-4-5-18-22(15)16(12-20)9-17(23)21-6-2-3-7-24-21/h4-5,8,16H,2-3,6-7,9-12H2,1H3. The van der Waals surface area contributed by atoms with Gasteiger partial charge in [-0.2, -0.15) is 5.10 Å². The molecule has 1 amide bonds. The quantitative estimate of drug-likeness (QED) is 0.839. The molecule has 2 aliphatic rings. The van der Waals surface area contributed by atoms with E-state index in [0.717, 1.165) is 43.1 Å². The molecule has 134 valence electrons. The van der Waals surface area contributed by atoms with Gasteiger partial charge in [-0.25, -0.2) is 5.06 Å². The molecular formula is C17H23N5O3. The molecule has 0 radical (unpaired) electrons. The van der Waals surface area contributed by atoms with Crippen molar-refractivity contribution in [1.29, 1.82) is 0 Å². The predicted molar refractivity (Wildman–Crippen MR) is 88.1 cm³/mol. The lowest BCUT2D eigenvalue weighted by Gasteiger charge is -2.34. The van der Waals surface area contributed by atoms with Gasteiger partial charge < -0.3 is 4.52 Å². The largest absolute Gasteiger partial charge is 0.361 e. The topological polar surface area (TPSA) is 76.6 Å². The van der Waals surface area contributed by atoms with Gasteiger partial charge in [-0.05, 0) is 25.8 Å². The van der Waals surface area contributed by atoms with Gasteiger partial charge in [0.2, 0.25) is 5.91 Å². The van der Waals surface area contributed by atoms with Crippen molar-refractivity contribution in [3.63, 3.8) is 0 Å². The van der Waals surface area contributed by atoms with Gasteiger partial charge in [0.25, 0.3) is 0 Å². The first kappa shape index (κ1) is 16.3. The summed E-state index contributed by atoms with van der Waals surface area (Å²) in [6.07, 6.45) is 4.21. The van der Waals surface area contributed by atoms with Gasteiger partial charge in [0.05, 0.1) is 30.5 Å². The molecule has 0 saturated carbocycles. The molecule has 1 atom stereocenters. The minimum Gasteiger partial charge on any atom is -0.361 e. The van der Waals surface area contributed by atoms with E-state index in [1.165, 1.54) is 5.06 Å². The third-order valence-electron chi connectivity index (χ3n) is 4.71. The van der Waals surface area contributed by atoms with Crippen LogP contribution in [0.25, 0.3) is 0 Å². The van der Waals surface area contributed by atoms with E-state index in [-0.39, 0.29) is 11.9 Å². The Balaban J connectivity index is 1.45. The van der Waals surface area contributed by atoms with E-state index >= 15 is 0 Å². The van der Waals surface area contributed by atoms with Crippen LogP contribution in [0.1, 0.15) is 42.5 Å². The highest BCUT2D eigenvalue weighted by Gasteiger charge is 2.30. The summed E-state index contributed by atoms with van der Waals surface area (Å²) in [6.45, 7) is 5.44. The normalized spacial score (nSPS) is 21.3. The molecule has 0 bridgehead atoms. The summed E-state index contributed by atoms with van der Waals surface area (Å²) in [6, 6.07) is 3.97. The number of amides is 1. The number of hydroxylamine groups is 2. The lowest BCUT2D eigenvalue weighted by Crippen LogP contribution is -2.42. The highest BCUT2D eigenvalue weighted by atomic mass is 16.7. The second kappa shape index (κ2) is 6.97. The third kappa shape index (κ3) is 3.59. The third-order valence-corrected chi connectivity index (χ3v) is 4.71. The second-order valence-electron chi connectivity index (χ2n) is 6.76. The Bertz CT molecular complexity index is 734. The average molecular weight is 345 g/mol. The fourth-order valence-corrected chi connectivity index (χ4v) is 3.55. The molecule has 4 heterocycles. The van der Waals surface area contributed by atoms with Gasteiger partial charge >= 0.3 is 0 Å². The van der Waals surface area contributed by atoms with Crippen molar-refractivity contribution in [3.8, 4) is 0 Å². The van der Waals surface area contributed by atoms with Gasteiger partial charge in [-0.1, -0.05) is 5.16 Å². The molecule has 2 aromatic heterocycles. The van der Waals surface area contributed by atoms with Crippen molar-refractivity contribution in [2.45, 2.75) is 45.3 Å². The number of aromatic nitrogens is 3. The number of rotatable bonds is 4. The van der Waals surface area contributed by atoms with Gasteiger partial charge in [0, 0.05) is 38.4 Å². The summed E-state index contributed by atoms with van der Waals surface area (Å²) in [5, 5.41) is 10.0. The molecule has 1 unspecified atom stereocenters. The van der Waals surface area contributed by atoms with Gasteiger partial charge in [-0.3, -0.25) is 19.2 Å².